The van der Waals surface area contributed by atoms with Crippen molar-refractivity contribution >= 4 is 27.3 Å². The highest BCUT2D eigenvalue weighted by Crippen LogP contribution is 2.24. The maximum absolute atomic E-state index is 12.1. The largest absolute Gasteiger partial charge is 0.322 e. The molecule has 0 unspecified atom stereocenters. The lowest BCUT2D eigenvalue weighted by Crippen LogP contribution is -2.25. The van der Waals surface area contributed by atoms with Gasteiger partial charge >= 0.3 is 0 Å². The summed E-state index contributed by atoms with van der Waals surface area (Å²) in [6, 6.07) is 9.96. The van der Waals surface area contributed by atoms with Gasteiger partial charge in [-0.15, -0.1) is 0 Å². The number of anilines is 2. The second kappa shape index (κ2) is 5.76. The van der Waals surface area contributed by atoms with Crippen LogP contribution in [0.1, 0.15) is 16.8 Å². The lowest BCUT2D eigenvalue weighted by molar-refractivity contribution is 0.102. The molecule has 2 heterocycles. The normalized spacial score (nSPS) is 16.5. The third-order valence-electron chi connectivity index (χ3n) is 3.45. The van der Waals surface area contributed by atoms with E-state index in [1.807, 2.05) is 0 Å². The fourth-order valence-electron chi connectivity index (χ4n) is 2.35. The van der Waals surface area contributed by atoms with E-state index >= 15 is 0 Å². The molecule has 7 heteroatoms. The molecule has 0 radical (unpaired) electrons. The molecular formula is C15H15N3O3S. The highest BCUT2D eigenvalue weighted by Gasteiger charge is 2.28. The number of hydrogen-bond donors (Lipinski definition) is 1. The number of hydrogen-bond acceptors (Lipinski definition) is 4. The summed E-state index contributed by atoms with van der Waals surface area (Å²) in [5.74, 6) is -0.0703. The van der Waals surface area contributed by atoms with Gasteiger partial charge in [-0.25, -0.2) is 8.42 Å². The number of sulfonamides is 1. The van der Waals surface area contributed by atoms with Gasteiger partial charge in [0.25, 0.3) is 5.91 Å². The van der Waals surface area contributed by atoms with Crippen LogP contribution in [-0.4, -0.2) is 31.6 Å². The van der Waals surface area contributed by atoms with E-state index in [4.69, 9.17) is 0 Å². The van der Waals surface area contributed by atoms with Crippen molar-refractivity contribution in [3.63, 3.8) is 0 Å². The van der Waals surface area contributed by atoms with Crippen LogP contribution in [0.25, 0.3) is 0 Å². The Morgan fingerprint density at radius 1 is 1.09 bits per heavy atom. The molecule has 0 saturated carbocycles. The van der Waals surface area contributed by atoms with Gasteiger partial charge in [0, 0.05) is 30.2 Å². The minimum Gasteiger partial charge on any atom is -0.322 e. The van der Waals surface area contributed by atoms with Gasteiger partial charge in [0.15, 0.2) is 0 Å². The molecule has 1 aromatic heterocycles. The number of aromatic nitrogens is 1. The zero-order chi connectivity index (χ0) is 15.6. The van der Waals surface area contributed by atoms with E-state index in [0.29, 0.717) is 29.9 Å². The van der Waals surface area contributed by atoms with Crippen molar-refractivity contribution in [2.24, 2.45) is 0 Å². The summed E-state index contributed by atoms with van der Waals surface area (Å²) in [6.07, 6.45) is 3.82. The smallest absolute Gasteiger partial charge is 0.255 e. The van der Waals surface area contributed by atoms with Gasteiger partial charge in [0.2, 0.25) is 10.0 Å². The van der Waals surface area contributed by atoms with E-state index in [2.05, 4.69) is 10.3 Å². The third kappa shape index (κ3) is 2.94. The maximum atomic E-state index is 12.1. The summed E-state index contributed by atoms with van der Waals surface area (Å²) < 4.78 is 25.1. The monoisotopic (exact) mass is 317 g/mol. The summed E-state index contributed by atoms with van der Waals surface area (Å²) in [6.45, 7) is 0.491. The van der Waals surface area contributed by atoms with Gasteiger partial charge in [-0.3, -0.25) is 14.1 Å². The standard InChI is InChI=1S/C15H15N3O3S/c19-15(17-13-6-8-16-9-7-13)12-2-4-14(5-3-12)18-10-1-11-22(18,20)21/h2-9H,1,10-11H2,(H,16,17,19). The zero-order valence-electron chi connectivity index (χ0n) is 11.8. The van der Waals surface area contributed by atoms with Crippen LogP contribution in [0.5, 0.6) is 0 Å². The maximum Gasteiger partial charge on any atom is 0.255 e. The van der Waals surface area contributed by atoms with E-state index in [1.165, 1.54) is 4.31 Å². The molecule has 1 amide bonds. The predicted octanol–water partition coefficient (Wildman–Crippen LogP) is 1.87. The number of carbonyl (C=O) groups excluding carboxylic acids is 1. The Labute approximate surface area is 128 Å². The van der Waals surface area contributed by atoms with Crippen LogP contribution in [0, 0.1) is 0 Å². The van der Waals surface area contributed by atoms with Crippen LogP contribution in [0.15, 0.2) is 48.8 Å². The SMILES string of the molecule is O=C(Nc1ccncc1)c1ccc(N2CCCS2(=O)=O)cc1. The van der Waals surface area contributed by atoms with E-state index in [9.17, 15) is 13.2 Å². The van der Waals surface area contributed by atoms with Crippen LogP contribution in [0.2, 0.25) is 0 Å². The fraction of sp³-hybridized carbons (Fsp3) is 0.200. The summed E-state index contributed by atoms with van der Waals surface area (Å²) in [7, 11) is -3.20. The van der Waals surface area contributed by atoms with Gasteiger partial charge < -0.3 is 5.32 Å². The Morgan fingerprint density at radius 2 is 1.77 bits per heavy atom. The Kier molecular flexibility index (Phi) is 3.81. The van der Waals surface area contributed by atoms with E-state index in [0.717, 1.165) is 0 Å². The van der Waals surface area contributed by atoms with Crippen molar-refractivity contribution in [1.29, 1.82) is 0 Å². The highest BCUT2D eigenvalue weighted by atomic mass is 32.2. The van der Waals surface area contributed by atoms with Crippen molar-refractivity contribution in [1.82, 2.24) is 4.98 Å². The topological polar surface area (TPSA) is 79.4 Å². The molecule has 0 aliphatic carbocycles. The van der Waals surface area contributed by atoms with Crippen LogP contribution >= 0.6 is 0 Å². The predicted molar refractivity (Wildman–Crippen MR) is 84.4 cm³/mol. The number of nitrogens with one attached hydrogen (secondary N) is 1. The molecule has 3 rings (SSSR count). The average molecular weight is 317 g/mol. The first-order valence-corrected chi connectivity index (χ1v) is 8.49. The van der Waals surface area contributed by atoms with Crippen LogP contribution < -0.4 is 9.62 Å². The molecule has 0 bridgehead atoms. The molecule has 114 valence electrons. The molecule has 0 atom stereocenters. The second-order valence-corrected chi connectivity index (χ2v) is 6.99. The third-order valence-corrected chi connectivity index (χ3v) is 5.32. The quantitative estimate of drug-likeness (QED) is 0.937. The molecule has 22 heavy (non-hydrogen) atoms. The number of amides is 1. The summed E-state index contributed by atoms with van der Waals surface area (Å²) >= 11 is 0. The van der Waals surface area contributed by atoms with Crippen molar-refractivity contribution < 1.29 is 13.2 Å². The first-order valence-electron chi connectivity index (χ1n) is 6.88. The molecule has 1 N–H and O–H groups in total. The average Bonchev–Trinajstić information content (AvgIpc) is 2.88. The number of rotatable bonds is 3. The van der Waals surface area contributed by atoms with Gasteiger partial charge in [-0.1, -0.05) is 0 Å². The Balaban J connectivity index is 1.75. The molecule has 1 fully saturated rings. The number of nitrogens with zero attached hydrogens (tertiary/aromatic N) is 2. The van der Waals surface area contributed by atoms with Crippen LogP contribution in [0.4, 0.5) is 11.4 Å². The summed E-state index contributed by atoms with van der Waals surface area (Å²) in [5, 5.41) is 2.75. The molecule has 1 aliphatic heterocycles. The van der Waals surface area contributed by atoms with Crippen molar-refractivity contribution in [3.8, 4) is 0 Å². The summed E-state index contributed by atoms with van der Waals surface area (Å²) in [5.41, 5.74) is 1.72. The number of benzene rings is 1. The molecule has 1 saturated heterocycles. The van der Waals surface area contributed by atoms with Crippen LogP contribution in [-0.2, 0) is 10.0 Å². The second-order valence-electron chi connectivity index (χ2n) is 4.98. The molecule has 1 aromatic carbocycles. The first kappa shape index (κ1) is 14.5. The Hall–Kier alpha value is -2.41. The van der Waals surface area contributed by atoms with Crippen molar-refractivity contribution in [2.45, 2.75) is 6.42 Å². The number of carbonyl (C=O) groups is 1. The minimum atomic E-state index is -3.20. The lowest BCUT2D eigenvalue weighted by atomic mass is 10.2. The minimum absolute atomic E-state index is 0.178. The van der Waals surface area contributed by atoms with Gasteiger partial charge in [0.05, 0.1) is 11.4 Å². The van der Waals surface area contributed by atoms with E-state index in [1.54, 1.807) is 48.8 Å². The van der Waals surface area contributed by atoms with Gasteiger partial charge in [-0.05, 0) is 42.8 Å². The number of pyridine rings is 1. The van der Waals surface area contributed by atoms with Gasteiger partial charge in [-0.2, -0.15) is 0 Å². The lowest BCUT2D eigenvalue weighted by Gasteiger charge is -2.17. The van der Waals surface area contributed by atoms with Gasteiger partial charge in [0.1, 0.15) is 0 Å². The Morgan fingerprint density at radius 3 is 2.36 bits per heavy atom. The molecule has 6 nitrogen and oxygen atoms in total. The highest BCUT2D eigenvalue weighted by molar-refractivity contribution is 7.93. The summed E-state index contributed by atoms with van der Waals surface area (Å²) in [4.78, 5) is 16.0. The molecule has 1 aliphatic rings. The van der Waals surface area contributed by atoms with E-state index in [-0.39, 0.29) is 11.7 Å². The fourth-order valence-corrected chi connectivity index (χ4v) is 3.91. The first-order chi connectivity index (χ1) is 10.6. The van der Waals surface area contributed by atoms with E-state index < -0.39 is 10.0 Å². The molecule has 2 aromatic rings. The van der Waals surface area contributed by atoms with Crippen LogP contribution in [0.3, 0.4) is 0 Å². The molecular weight excluding hydrogens is 302 g/mol. The van der Waals surface area contributed by atoms with Crippen molar-refractivity contribution in [3.05, 3.63) is 54.4 Å². The Bertz CT molecular complexity index is 773. The zero-order valence-corrected chi connectivity index (χ0v) is 12.6. The van der Waals surface area contributed by atoms with Crippen molar-refractivity contribution in [2.75, 3.05) is 21.9 Å². The molecule has 0 spiro atoms.